The molecule has 9 aromatic carbocycles. The van der Waals surface area contributed by atoms with Gasteiger partial charge in [-0.25, -0.2) is 0 Å². The zero-order valence-electron chi connectivity index (χ0n) is 30.2. The number of rotatable bonds is 4. The molecule has 1 nitrogen and oxygen atoms in total. The smallest absolute Gasteiger partial charge is 0.143 e. The van der Waals surface area contributed by atoms with Crippen LogP contribution in [-0.4, -0.2) is 0 Å². The Hall–Kier alpha value is -6.70. The second-order valence-electron chi connectivity index (χ2n) is 15.2. The minimum Gasteiger partial charge on any atom is -0.455 e. The molecular formula is C53H36O. The summed E-state index contributed by atoms with van der Waals surface area (Å²) in [7, 11) is 0. The van der Waals surface area contributed by atoms with E-state index in [0.29, 0.717) is 0 Å². The summed E-state index contributed by atoms with van der Waals surface area (Å²) in [6.45, 7) is 4.75. The quantitative estimate of drug-likeness (QED) is 0.168. The Kier molecular flexibility index (Phi) is 6.66. The van der Waals surface area contributed by atoms with Crippen molar-refractivity contribution in [1.29, 1.82) is 0 Å². The predicted octanol–water partition coefficient (Wildman–Crippen LogP) is 14.9. The van der Waals surface area contributed by atoms with E-state index in [1.54, 1.807) is 0 Å². The van der Waals surface area contributed by atoms with E-state index in [-0.39, 0.29) is 5.41 Å². The van der Waals surface area contributed by atoms with Gasteiger partial charge in [-0.15, -0.1) is 0 Å². The Morgan fingerprint density at radius 3 is 1.59 bits per heavy atom. The lowest BCUT2D eigenvalue weighted by molar-refractivity contribution is 0.662. The highest BCUT2D eigenvalue weighted by molar-refractivity contribution is 6.24. The van der Waals surface area contributed by atoms with Gasteiger partial charge in [-0.05, 0) is 95.4 Å². The zero-order valence-corrected chi connectivity index (χ0v) is 30.2. The van der Waals surface area contributed by atoms with Crippen LogP contribution >= 0.6 is 0 Å². The van der Waals surface area contributed by atoms with E-state index in [1.807, 2.05) is 0 Å². The average molecular weight is 689 g/mol. The van der Waals surface area contributed by atoms with Crippen LogP contribution in [0.25, 0.3) is 99.1 Å². The van der Waals surface area contributed by atoms with Gasteiger partial charge < -0.3 is 4.42 Å². The van der Waals surface area contributed by atoms with Gasteiger partial charge in [-0.2, -0.15) is 0 Å². The van der Waals surface area contributed by atoms with E-state index in [4.69, 9.17) is 4.42 Å². The molecule has 0 N–H and O–H groups in total. The van der Waals surface area contributed by atoms with Crippen LogP contribution in [0.4, 0.5) is 0 Å². The molecule has 0 unspecified atom stereocenters. The SMILES string of the molecule is CC1(C)c2cc(-c3ccc4oc5c(-c6c7ccccc7c(-c7ccccc7)c7ccccc67)cccc5c4c3)ccc2-c2cccc(-c3ccccc3)c21. The van der Waals surface area contributed by atoms with Crippen molar-refractivity contribution < 1.29 is 4.42 Å². The van der Waals surface area contributed by atoms with Gasteiger partial charge in [0.05, 0.1) is 0 Å². The number of hydrogen-bond donors (Lipinski definition) is 0. The summed E-state index contributed by atoms with van der Waals surface area (Å²) in [5.41, 5.74) is 16.9. The van der Waals surface area contributed by atoms with E-state index >= 15 is 0 Å². The summed E-state index contributed by atoms with van der Waals surface area (Å²) in [6.07, 6.45) is 0. The van der Waals surface area contributed by atoms with Crippen LogP contribution in [0.5, 0.6) is 0 Å². The third kappa shape index (κ3) is 4.45. The fourth-order valence-corrected chi connectivity index (χ4v) is 9.43. The van der Waals surface area contributed by atoms with Crippen LogP contribution in [-0.2, 0) is 5.41 Å². The van der Waals surface area contributed by atoms with Crippen molar-refractivity contribution in [2.45, 2.75) is 19.3 Å². The maximum Gasteiger partial charge on any atom is 0.143 e. The molecule has 1 aliphatic rings. The van der Waals surface area contributed by atoms with Crippen molar-refractivity contribution in [3.8, 4) is 55.6 Å². The molecule has 54 heavy (non-hydrogen) atoms. The number of fused-ring (bicyclic) bond motifs is 8. The first-order valence-corrected chi connectivity index (χ1v) is 18.8. The van der Waals surface area contributed by atoms with Crippen molar-refractivity contribution >= 4 is 43.5 Å². The van der Waals surface area contributed by atoms with E-state index in [0.717, 1.165) is 27.5 Å². The van der Waals surface area contributed by atoms with Crippen molar-refractivity contribution in [3.63, 3.8) is 0 Å². The Bertz CT molecular complexity index is 3050. The van der Waals surface area contributed by atoms with E-state index in [1.165, 1.54) is 82.7 Å². The van der Waals surface area contributed by atoms with Gasteiger partial charge in [0, 0.05) is 27.3 Å². The highest BCUT2D eigenvalue weighted by Gasteiger charge is 2.37. The molecule has 0 atom stereocenters. The lowest BCUT2D eigenvalue weighted by Crippen LogP contribution is -2.16. The molecule has 1 heteroatoms. The van der Waals surface area contributed by atoms with Gasteiger partial charge in [-0.3, -0.25) is 0 Å². The van der Waals surface area contributed by atoms with Gasteiger partial charge in [0.2, 0.25) is 0 Å². The largest absolute Gasteiger partial charge is 0.455 e. The topological polar surface area (TPSA) is 13.1 Å². The summed E-state index contributed by atoms with van der Waals surface area (Å²) >= 11 is 0. The molecule has 0 aliphatic heterocycles. The van der Waals surface area contributed by atoms with Crippen LogP contribution in [0.2, 0.25) is 0 Å². The van der Waals surface area contributed by atoms with Gasteiger partial charge in [-0.1, -0.05) is 178 Å². The maximum absolute atomic E-state index is 6.85. The number of para-hydroxylation sites is 1. The first-order chi connectivity index (χ1) is 26.6. The first-order valence-electron chi connectivity index (χ1n) is 18.8. The molecule has 254 valence electrons. The number of furan rings is 1. The van der Waals surface area contributed by atoms with Crippen LogP contribution in [0.1, 0.15) is 25.0 Å². The molecular weight excluding hydrogens is 653 g/mol. The Morgan fingerprint density at radius 2 is 0.889 bits per heavy atom. The molecule has 0 saturated carbocycles. The highest BCUT2D eigenvalue weighted by atomic mass is 16.3. The molecule has 10 aromatic rings. The highest BCUT2D eigenvalue weighted by Crippen LogP contribution is 2.53. The molecule has 0 amide bonds. The summed E-state index contributed by atoms with van der Waals surface area (Å²) in [5.74, 6) is 0. The van der Waals surface area contributed by atoms with E-state index < -0.39 is 0 Å². The molecule has 1 aliphatic carbocycles. The average Bonchev–Trinajstić information content (AvgIpc) is 3.72. The minimum absolute atomic E-state index is 0.143. The first kappa shape index (κ1) is 30.9. The lowest BCUT2D eigenvalue weighted by atomic mass is 9.78. The van der Waals surface area contributed by atoms with Gasteiger partial charge in [0.1, 0.15) is 11.2 Å². The summed E-state index contributed by atoms with van der Waals surface area (Å²) in [6, 6.07) is 66.4. The molecule has 1 aromatic heterocycles. The summed E-state index contributed by atoms with van der Waals surface area (Å²) in [5, 5.41) is 7.19. The summed E-state index contributed by atoms with van der Waals surface area (Å²) in [4.78, 5) is 0. The molecule has 11 rings (SSSR count). The fourth-order valence-electron chi connectivity index (χ4n) is 9.43. The standard InChI is InChI=1S/C53H36O/c1-53(2)47-32-36(27-29-38(47)43-24-13-23-37(51(43)53)33-15-5-3-6-16-33)35-28-30-48-46(31-35)44-25-14-26-45(52(44)54-48)50-41-21-11-9-19-39(41)49(34-17-7-4-8-18-34)40-20-10-12-22-42(40)50/h3-32H,1-2H3. The molecule has 0 bridgehead atoms. The Labute approximate surface area is 314 Å². The molecule has 0 fully saturated rings. The normalized spacial score (nSPS) is 13.1. The summed E-state index contributed by atoms with van der Waals surface area (Å²) < 4.78 is 6.85. The second-order valence-corrected chi connectivity index (χ2v) is 15.2. The molecule has 0 spiro atoms. The van der Waals surface area contributed by atoms with Crippen molar-refractivity contribution in [1.82, 2.24) is 0 Å². The van der Waals surface area contributed by atoms with Crippen LogP contribution in [0.15, 0.2) is 186 Å². The predicted molar refractivity (Wildman–Crippen MR) is 228 cm³/mol. The molecule has 0 saturated heterocycles. The van der Waals surface area contributed by atoms with E-state index in [2.05, 4.69) is 196 Å². The van der Waals surface area contributed by atoms with Crippen molar-refractivity contribution in [2.75, 3.05) is 0 Å². The number of hydrogen-bond acceptors (Lipinski definition) is 1. The lowest BCUT2D eigenvalue weighted by Gasteiger charge is -2.25. The zero-order chi connectivity index (χ0) is 36.0. The minimum atomic E-state index is -0.143. The maximum atomic E-state index is 6.85. The Morgan fingerprint density at radius 1 is 0.352 bits per heavy atom. The molecule has 1 heterocycles. The number of benzene rings is 9. The van der Waals surface area contributed by atoms with Crippen LogP contribution < -0.4 is 0 Å². The second kappa shape index (κ2) is 11.7. The van der Waals surface area contributed by atoms with Crippen molar-refractivity contribution in [2.24, 2.45) is 0 Å². The van der Waals surface area contributed by atoms with E-state index in [9.17, 15) is 0 Å². The van der Waals surface area contributed by atoms with Gasteiger partial charge in [0.25, 0.3) is 0 Å². The Balaban J connectivity index is 1.07. The third-order valence-electron chi connectivity index (χ3n) is 11.9. The van der Waals surface area contributed by atoms with Crippen LogP contribution in [0.3, 0.4) is 0 Å². The molecule has 0 radical (unpaired) electrons. The van der Waals surface area contributed by atoms with Gasteiger partial charge >= 0.3 is 0 Å². The fraction of sp³-hybridized carbons (Fsp3) is 0.0566. The van der Waals surface area contributed by atoms with Crippen LogP contribution in [0, 0.1) is 0 Å². The third-order valence-corrected chi connectivity index (χ3v) is 11.9. The monoisotopic (exact) mass is 688 g/mol. The van der Waals surface area contributed by atoms with Crippen molar-refractivity contribution in [3.05, 3.63) is 193 Å². The van der Waals surface area contributed by atoms with Gasteiger partial charge in [0.15, 0.2) is 0 Å².